The van der Waals surface area contributed by atoms with Crippen molar-refractivity contribution in [3.05, 3.63) is 204 Å². The molecule has 50 heavy (non-hydrogen) atoms. The molecular formula is C42H36N2O6. The SMILES string of the molecule is Oc1ccc(C(c2ccccc2O)c2ccccc2O)cc1.Oc1ccc(C(c2ccccc2O)c2ccccc2O)cc1.c1cnccn1. The van der Waals surface area contributed by atoms with Gasteiger partial charge in [-0.25, -0.2) is 0 Å². The smallest absolute Gasteiger partial charge is 0.119 e. The van der Waals surface area contributed by atoms with E-state index in [0.717, 1.165) is 11.1 Å². The van der Waals surface area contributed by atoms with Crippen molar-refractivity contribution in [3.8, 4) is 34.5 Å². The molecule has 7 rings (SSSR count). The molecule has 0 spiro atoms. The quantitative estimate of drug-likeness (QED) is 0.0971. The lowest BCUT2D eigenvalue weighted by Crippen LogP contribution is -2.04. The number of rotatable bonds is 6. The first-order chi connectivity index (χ1) is 24.3. The molecule has 0 saturated carbocycles. The molecule has 0 amide bonds. The van der Waals surface area contributed by atoms with Gasteiger partial charge in [0.15, 0.2) is 0 Å². The fourth-order valence-corrected chi connectivity index (χ4v) is 5.57. The average molecular weight is 665 g/mol. The summed E-state index contributed by atoms with van der Waals surface area (Å²) in [5.74, 6) is 0.403. The van der Waals surface area contributed by atoms with Crippen molar-refractivity contribution in [1.29, 1.82) is 0 Å². The molecule has 8 nitrogen and oxygen atoms in total. The summed E-state index contributed by atoms with van der Waals surface area (Å²) in [6, 6.07) is 41.8. The van der Waals surface area contributed by atoms with Gasteiger partial charge in [0.1, 0.15) is 34.5 Å². The van der Waals surface area contributed by atoms with Crippen LogP contribution in [0.5, 0.6) is 34.5 Å². The number of hydrogen-bond acceptors (Lipinski definition) is 8. The number of aromatic nitrogens is 2. The van der Waals surface area contributed by atoms with E-state index in [1.807, 2.05) is 48.5 Å². The van der Waals surface area contributed by atoms with Gasteiger partial charge in [-0.3, -0.25) is 9.97 Å². The molecule has 1 aromatic heterocycles. The van der Waals surface area contributed by atoms with Gasteiger partial charge in [0.05, 0.1) is 0 Å². The second-order valence-electron chi connectivity index (χ2n) is 11.2. The van der Waals surface area contributed by atoms with Gasteiger partial charge in [0, 0.05) is 58.9 Å². The lowest BCUT2D eigenvalue weighted by molar-refractivity contribution is 0.457. The number of para-hydroxylation sites is 4. The van der Waals surface area contributed by atoms with Crippen LogP contribution in [0.15, 0.2) is 170 Å². The van der Waals surface area contributed by atoms with Crippen LogP contribution in [0.1, 0.15) is 45.2 Å². The van der Waals surface area contributed by atoms with Crippen molar-refractivity contribution in [2.45, 2.75) is 11.8 Å². The maximum Gasteiger partial charge on any atom is 0.119 e. The highest BCUT2D eigenvalue weighted by Gasteiger charge is 2.23. The van der Waals surface area contributed by atoms with Gasteiger partial charge < -0.3 is 30.6 Å². The van der Waals surface area contributed by atoms with Crippen LogP contribution < -0.4 is 0 Å². The summed E-state index contributed by atoms with van der Waals surface area (Å²) < 4.78 is 0. The zero-order valence-electron chi connectivity index (χ0n) is 26.9. The third-order valence-electron chi connectivity index (χ3n) is 7.92. The third kappa shape index (κ3) is 8.76. The highest BCUT2D eigenvalue weighted by Crippen LogP contribution is 2.41. The van der Waals surface area contributed by atoms with Crippen molar-refractivity contribution in [3.63, 3.8) is 0 Å². The second-order valence-corrected chi connectivity index (χ2v) is 11.2. The fraction of sp³-hybridized carbons (Fsp3) is 0.0476. The Morgan fingerprint density at radius 2 is 0.540 bits per heavy atom. The van der Waals surface area contributed by atoms with E-state index in [2.05, 4.69) is 9.97 Å². The van der Waals surface area contributed by atoms with Crippen LogP contribution in [-0.2, 0) is 0 Å². The van der Waals surface area contributed by atoms with Gasteiger partial charge in [-0.2, -0.15) is 0 Å². The lowest BCUT2D eigenvalue weighted by atomic mass is 9.84. The molecule has 6 N–H and O–H groups in total. The molecule has 250 valence electrons. The van der Waals surface area contributed by atoms with E-state index < -0.39 is 0 Å². The van der Waals surface area contributed by atoms with Gasteiger partial charge in [0.25, 0.3) is 0 Å². The molecular weight excluding hydrogens is 628 g/mol. The van der Waals surface area contributed by atoms with Crippen molar-refractivity contribution in [1.82, 2.24) is 9.97 Å². The highest BCUT2D eigenvalue weighted by atomic mass is 16.3. The van der Waals surface area contributed by atoms with Crippen LogP contribution in [0.25, 0.3) is 0 Å². The molecule has 1 heterocycles. The minimum atomic E-state index is -0.317. The summed E-state index contributed by atoms with van der Waals surface area (Å²) in [6.45, 7) is 0. The predicted molar refractivity (Wildman–Crippen MR) is 193 cm³/mol. The highest BCUT2D eigenvalue weighted by molar-refractivity contribution is 5.54. The maximum atomic E-state index is 10.2. The third-order valence-corrected chi connectivity index (χ3v) is 7.92. The number of nitrogens with zero attached hydrogens (tertiary/aromatic N) is 2. The van der Waals surface area contributed by atoms with Gasteiger partial charge in [0.2, 0.25) is 0 Å². The summed E-state index contributed by atoms with van der Waals surface area (Å²) in [5, 5.41) is 59.9. The average Bonchev–Trinajstić information content (AvgIpc) is 3.14. The first kappa shape index (κ1) is 34.5. The molecule has 0 aliphatic carbocycles. The normalized spacial score (nSPS) is 10.4. The molecule has 0 atom stereocenters. The topological polar surface area (TPSA) is 147 Å². The Morgan fingerprint density at radius 1 is 0.300 bits per heavy atom. The molecule has 0 bridgehead atoms. The first-order valence-corrected chi connectivity index (χ1v) is 15.7. The summed E-state index contributed by atoms with van der Waals surface area (Å²) in [6.07, 6.45) is 6.56. The minimum Gasteiger partial charge on any atom is -0.508 e. The van der Waals surface area contributed by atoms with Gasteiger partial charge >= 0.3 is 0 Å². The molecule has 0 aliphatic rings. The van der Waals surface area contributed by atoms with Crippen LogP contribution in [0.4, 0.5) is 0 Å². The Balaban J connectivity index is 0.000000167. The molecule has 0 saturated heterocycles. The van der Waals surface area contributed by atoms with Crippen molar-refractivity contribution in [2.24, 2.45) is 0 Å². The van der Waals surface area contributed by atoms with Gasteiger partial charge in [-0.15, -0.1) is 0 Å². The number of benzene rings is 6. The summed E-state index contributed by atoms with van der Waals surface area (Å²) >= 11 is 0. The fourth-order valence-electron chi connectivity index (χ4n) is 5.57. The molecule has 6 aromatic carbocycles. The Hall–Kier alpha value is -6.80. The van der Waals surface area contributed by atoms with Crippen LogP contribution in [0, 0.1) is 0 Å². The van der Waals surface area contributed by atoms with E-state index in [9.17, 15) is 30.6 Å². The largest absolute Gasteiger partial charge is 0.508 e. The van der Waals surface area contributed by atoms with E-state index in [-0.39, 0.29) is 46.3 Å². The summed E-state index contributed by atoms with van der Waals surface area (Å²) in [4.78, 5) is 7.44. The predicted octanol–water partition coefficient (Wildman–Crippen LogP) is 8.44. The van der Waals surface area contributed by atoms with Crippen LogP contribution in [0.2, 0.25) is 0 Å². The van der Waals surface area contributed by atoms with Crippen LogP contribution in [-0.4, -0.2) is 40.6 Å². The second kappa shape index (κ2) is 16.9. The molecule has 0 unspecified atom stereocenters. The lowest BCUT2D eigenvalue weighted by Gasteiger charge is -2.20. The summed E-state index contributed by atoms with van der Waals surface area (Å²) in [5.41, 5.74) is 4.57. The Kier molecular flexibility index (Phi) is 11.6. The van der Waals surface area contributed by atoms with Crippen molar-refractivity contribution < 1.29 is 30.6 Å². The summed E-state index contributed by atoms with van der Waals surface area (Å²) in [7, 11) is 0. The van der Waals surface area contributed by atoms with E-state index in [1.54, 1.807) is 122 Å². The number of phenolic OH excluding ortho intramolecular Hbond substituents is 6. The minimum absolute atomic E-state index is 0.170. The van der Waals surface area contributed by atoms with Crippen molar-refractivity contribution >= 4 is 0 Å². The molecule has 0 radical (unpaired) electrons. The van der Waals surface area contributed by atoms with E-state index in [1.165, 1.54) is 0 Å². The van der Waals surface area contributed by atoms with Crippen LogP contribution in [0.3, 0.4) is 0 Å². The monoisotopic (exact) mass is 664 g/mol. The zero-order chi connectivity index (χ0) is 35.3. The standard InChI is InChI=1S/2C19H16O3.C4H4N2/c2*20-14-11-9-13(10-12-14)19(15-5-1-3-7-17(15)21)16-6-2-4-8-18(16)22;1-2-6-4-3-5-1/h2*1-12,19-22H;1-4H. The Labute approximate surface area is 290 Å². The first-order valence-electron chi connectivity index (χ1n) is 15.7. The Bertz CT molecular complexity index is 1830. The van der Waals surface area contributed by atoms with E-state index in [0.29, 0.717) is 22.3 Å². The number of phenols is 6. The molecule has 8 heteroatoms. The number of aromatic hydroxyl groups is 6. The zero-order valence-corrected chi connectivity index (χ0v) is 26.9. The molecule has 0 fully saturated rings. The maximum absolute atomic E-state index is 10.2. The molecule has 7 aromatic rings. The van der Waals surface area contributed by atoms with E-state index >= 15 is 0 Å². The van der Waals surface area contributed by atoms with Crippen molar-refractivity contribution in [2.75, 3.05) is 0 Å². The van der Waals surface area contributed by atoms with Gasteiger partial charge in [-0.05, 0) is 59.7 Å². The Morgan fingerprint density at radius 3 is 0.760 bits per heavy atom. The van der Waals surface area contributed by atoms with E-state index in [4.69, 9.17) is 0 Å². The number of hydrogen-bond donors (Lipinski definition) is 6. The molecule has 0 aliphatic heterocycles. The van der Waals surface area contributed by atoms with Gasteiger partial charge in [-0.1, -0.05) is 97.1 Å². The van der Waals surface area contributed by atoms with Crippen LogP contribution >= 0.6 is 0 Å².